The molecule has 23 heavy (non-hydrogen) atoms. The molecular weight excluding hydrogens is 297 g/mol. The van der Waals surface area contributed by atoms with Crippen LogP contribution in [-0.2, 0) is 0 Å². The maximum absolute atomic E-state index is 12.9. The predicted molar refractivity (Wildman–Crippen MR) is 85.7 cm³/mol. The van der Waals surface area contributed by atoms with E-state index in [-0.39, 0.29) is 17.4 Å². The van der Waals surface area contributed by atoms with Gasteiger partial charge in [0.1, 0.15) is 5.82 Å². The van der Waals surface area contributed by atoms with E-state index < -0.39 is 5.54 Å². The van der Waals surface area contributed by atoms with Gasteiger partial charge in [-0.15, -0.1) is 5.10 Å². The molecule has 1 unspecified atom stereocenters. The van der Waals surface area contributed by atoms with Crippen molar-refractivity contribution in [3.63, 3.8) is 0 Å². The molecule has 1 aromatic carbocycles. The number of aromatic nitrogens is 3. The average Bonchev–Trinajstić information content (AvgIpc) is 2.97. The molecule has 0 bridgehead atoms. The molecule has 1 heterocycles. The highest BCUT2D eigenvalue weighted by Gasteiger charge is 2.27. The lowest BCUT2D eigenvalue weighted by atomic mass is 9.90. The first-order valence-electron chi connectivity index (χ1n) is 7.54. The third-order valence-corrected chi connectivity index (χ3v) is 3.51. The predicted octanol–water partition coefficient (Wildman–Crippen LogP) is 1.90. The molecule has 0 aliphatic carbocycles. The second-order valence-electron chi connectivity index (χ2n) is 6.31. The Morgan fingerprint density at radius 2 is 2.04 bits per heavy atom. The Bertz CT molecular complexity index is 667. The summed E-state index contributed by atoms with van der Waals surface area (Å²) in [5.41, 5.74) is 6.08. The van der Waals surface area contributed by atoms with Gasteiger partial charge in [-0.1, -0.05) is 13.8 Å². The van der Waals surface area contributed by atoms with E-state index in [0.29, 0.717) is 18.2 Å². The van der Waals surface area contributed by atoms with Crippen molar-refractivity contribution in [1.29, 1.82) is 0 Å². The molecule has 124 valence electrons. The summed E-state index contributed by atoms with van der Waals surface area (Å²) in [4.78, 5) is 13.6. The highest BCUT2D eigenvalue weighted by molar-refractivity contribution is 5.92. The minimum Gasteiger partial charge on any atom is -0.344 e. The Hall–Kier alpha value is -2.28. The molecule has 0 aliphatic rings. The Morgan fingerprint density at radius 1 is 1.39 bits per heavy atom. The van der Waals surface area contributed by atoms with E-state index in [2.05, 4.69) is 29.4 Å². The Morgan fingerprint density at radius 3 is 2.61 bits per heavy atom. The lowest BCUT2D eigenvalue weighted by molar-refractivity contribution is 0.0892. The monoisotopic (exact) mass is 319 g/mol. The van der Waals surface area contributed by atoms with Gasteiger partial charge in [0.2, 0.25) is 0 Å². The molecule has 2 rings (SSSR count). The van der Waals surface area contributed by atoms with Crippen LogP contribution in [0.1, 0.15) is 37.7 Å². The summed E-state index contributed by atoms with van der Waals surface area (Å²) < 4.78 is 12.9. The van der Waals surface area contributed by atoms with Crippen molar-refractivity contribution in [3.05, 3.63) is 42.0 Å². The fourth-order valence-corrected chi connectivity index (χ4v) is 2.49. The van der Waals surface area contributed by atoms with Gasteiger partial charge in [0.15, 0.2) is 5.69 Å². The van der Waals surface area contributed by atoms with Gasteiger partial charge in [0.05, 0.1) is 17.4 Å². The molecule has 0 fully saturated rings. The number of halogens is 1. The summed E-state index contributed by atoms with van der Waals surface area (Å²) in [6, 6.07) is 5.71. The van der Waals surface area contributed by atoms with Crippen LogP contribution in [0.15, 0.2) is 30.5 Å². The minimum absolute atomic E-state index is 0.192. The summed E-state index contributed by atoms with van der Waals surface area (Å²) in [7, 11) is 0. The number of hydrogen-bond acceptors (Lipinski definition) is 4. The number of hydrogen-bond donors (Lipinski definition) is 2. The second kappa shape index (κ2) is 6.87. The SMILES string of the molecule is CC(C)CC(C)(CN)NC(=O)c1cnn(-c2ccc(F)cc2)n1. The number of nitrogens with two attached hydrogens (primary N) is 1. The van der Waals surface area contributed by atoms with Crippen LogP contribution in [0.5, 0.6) is 0 Å². The van der Waals surface area contributed by atoms with E-state index in [4.69, 9.17) is 5.73 Å². The van der Waals surface area contributed by atoms with E-state index >= 15 is 0 Å². The van der Waals surface area contributed by atoms with Crippen LogP contribution in [0.25, 0.3) is 5.69 Å². The Balaban J connectivity index is 2.13. The highest BCUT2D eigenvalue weighted by Crippen LogP contribution is 2.16. The number of amides is 1. The molecule has 1 amide bonds. The molecule has 1 atom stereocenters. The molecule has 0 radical (unpaired) electrons. The summed E-state index contributed by atoms with van der Waals surface area (Å²) in [6.07, 6.45) is 2.15. The second-order valence-corrected chi connectivity index (χ2v) is 6.31. The average molecular weight is 319 g/mol. The quantitative estimate of drug-likeness (QED) is 0.851. The van der Waals surface area contributed by atoms with Crippen LogP contribution < -0.4 is 11.1 Å². The first kappa shape index (κ1) is 17.1. The van der Waals surface area contributed by atoms with Crippen LogP contribution in [0.4, 0.5) is 4.39 Å². The summed E-state index contributed by atoms with van der Waals surface area (Å²) in [5.74, 6) is -0.267. The van der Waals surface area contributed by atoms with Gasteiger partial charge in [0.25, 0.3) is 5.91 Å². The van der Waals surface area contributed by atoms with Gasteiger partial charge in [-0.05, 0) is 43.5 Å². The third-order valence-electron chi connectivity index (χ3n) is 3.51. The number of benzene rings is 1. The number of carbonyl (C=O) groups is 1. The molecule has 3 N–H and O–H groups in total. The van der Waals surface area contributed by atoms with Crippen molar-refractivity contribution < 1.29 is 9.18 Å². The fraction of sp³-hybridized carbons (Fsp3) is 0.438. The zero-order chi connectivity index (χ0) is 17.0. The molecule has 2 aromatic rings. The molecule has 0 aliphatic heterocycles. The number of nitrogens with one attached hydrogen (secondary N) is 1. The van der Waals surface area contributed by atoms with Gasteiger partial charge in [-0.25, -0.2) is 4.39 Å². The first-order valence-corrected chi connectivity index (χ1v) is 7.54. The van der Waals surface area contributed by atoms with E-state index in [0.717, 1.165) is 6.42 Å². The molecule has 1 aromatic heterocycles. The molecular formula is C16H22FN5O. The van der Waals surface area contributed by atoms with Crippen LogP contribution in [0.3, 0.4) is 0 Å². The van der Waals surface area contributed by atoms with Crippen LogP contribution in [-0.4, -0.2) is 33.0 Å². The lowest BCUT2D eigenvalue weighted by Gasteiger charge is -2.30. The van der Waals surface area contributed by atoms with Crippen molar-refractivity contribution in [2.24, 2.45) is 11.7 Å². The third kappa shape index (κ3) is 4.35. The number of nitrogens with zero attached hydrogens (tertiary/aromatic N) is 3. The van der Waals surface area contributed by atoms with Crippen molar-refractivity contribution in [3.8, 4) is 5.69 Å². The summed E-state index contributed by atoms with van der Waals surface area (Å²) >= 11 is 0. The number of rotatable bonds is 6. The number of carbonyl (C=O) groups excluding carboxylic acids is 1. The van der Waals surface area contributed by atoms with E-state index in [9.17, 15) is 9.18 Å². The van der Waals surface area contributed by atoms with Crippen molar-refractivity contribution in [2.45, 2.75) is 32.7 Å². The van der Waals surface area contributed by atoms with E-state index in [1.165, 1.54) is 23.1 Å². The van der Waals surface area contributed by atoms with Gasteiger partial charge in [-0.3, -0.25) is 4.79 Å². The minimum atomic E-state index is -0.495. The van der Waals surface area contributed by atoms with Crippen molar-refractivity contribution in [1.82, 2.24) is 20.3 Å². The molecule has 6 nitrogen and oxygen atoms in total. The molecule has 0 saturated heterocycles. The van der Waals surface area contributed by atoms with Gasteiger partial charge in [0, 0.05) is 6.54 Å². The van der Waals surface area contributed by atoms with Crippen LogP contribution >= 0.6 is 0 Å². The molecule has 7 heteroatoms. The zero-order valence-corrected chi connectivity index (χ0v) is 13.6. The largest absolute Gasteiger partial charge is 0.344 e. The van der Waals surface area contributed by atoms with Crippen LogP contribution in [0.2, 0.25) is 0 Å². The van der Waals surface area contributed by atoms with Crippen molar-refractivity contribution >= 4 is 5.91 Å². The maximum atomic E-state index is 12.9. The van der Waals surface area contributed by atoms with Gasteiger partial charge < -0.3 is 11.1 Å². The topological polar surface area (TPSA) is 85.8 Å². The zero-order valence-electron chi connectivity index (χ0n) is 13.6. The normalized spacial score (nSPS) is 13.8. The van der Waals surface area contributed by atoms with Crippen molar-refractivity contribution in [2.75, 3.05) is 6.54 Å². The lowest BCUT2D eigenvalue weighted by Crippen LogP contribution is -2.52. The summed E-state index contributed by atoms with van der Waals surface area (Å²) in [5, 5.41) is 11.1. The smallest absolute Gasteiger partial charge is 0.273 e. The highest BCUT2D eigenvalue weighted by atomic mass is 19.1. The van der Waals surface area contributed by atoms with Gasteiger partial charge in [-0.2, -0.15) is 9.90 Å². The Labute approximate surface area is 134 Å². The standard InChI is InChI=1S/C16H22FN5O/c1-11(2)8-16(3,10-18)20-15(23)14-9-19-22(21-14)13-6-4-12(17)5-7-13/h4-7,9,11H,8,10,18H2,1-3H3,(H,20,23). The summed E-state index contributed by atoms with van der Waals surface area (Å²) in [6.45, 7) is 6.40. The Kier molecular flexibility index (Phi) is 5.10. The van der Waals surface area contributed by atoms with E-state index in [1.54, 1.807) is 12.1 Å². The van der Waals surface area contributed by atoms with E-state index in [1.807, 2.05) is 6.92 Å². The first-order chi connectivity index (χ1) is 10.8. The maximum Gasteiger partial charge on any atom is 0.273 e. The van der Waals surface area contributed by atoms with Crippen LogP contribution in [0, 0.1) is 11.7 Å². The van der Waals surface area contributed by atoms with Gasteiger partial charge >= 0.3 is 0 Å². The molecule has 0 saturated carbocycles. The fourth-order valence-electron chi connectivity index (χ4n) is 2.49. The molecule has 0 spiro atoms.